The van der Waals surface area contributed by atoms with E-state index >= 15 is 0 Å². The SMILES string of the molecule is C=C(Cl)CN1CC2CNCC2C1(C)C. The molecule has 2 nitrogen and oxygen atoms in total. The fourth-order valence-electron chi connectivity index (χ4n) is 2.98. The highest BCUT2D eigenvalue weighted by molar-refractivity contribution is 6.29. The Morgan fingerprint density at radius 1 is 1.57 bits per heavy atom. The first-order chi connectivity index (χ1) is 6.51. The molecule has 2 aliphatic heterocycles. The van der Waals surface area contributed by atoms with E-state index in [1.54, 1.807) is 0 Å². The molecule has 0 bridgehead atoms. The Kier molecular flexibility index (Phi) is 2.63. The minimum absolute atomic E-state index is 0.270. The highest BCUT2D eigenvalue weighted by Gasteiger charge is 2.49. The second-order valence-corrected chi connectivity index (χ2v) is 5.61. The summed E-state index contributed by atoms with van der Waals surface area (Å²) in [7, 11) is 0. The molecule has 14 heavy (non-hydrogen) atoms. The van der Waals surface area contributed by atoms with Gasteiger partial charge in [0.15, 0.2) is 0 Å². The third-order valence-corrected chi connectivity index (χ3v) is 4.00. The summed E-state index contributed by atoms with van der Waals surface area (Å²) >= 11 is 5.89. The smallest absolute Gasteiger partial charge is 0.0341 e. The number of fused-ring (bicyclic) bond motifs is 1. The minimum Gasteiger partial charge on any atom is -0.316 e. The molecule has 0 spiro atoms. The second-order valence-electron chi connectivity index (χ2n) is 5.08. The third-order valence-electron chi connectivity index (χ3n) is 3.88. The topological polar surface area (TPSA) is 15.3 Å². The van der Waals surface area contributed by atoms with E-state index in [-0.39, 0.29) is 5.54 Å². The molecule has 2 atom stereocenters. The molecule has 1 N–H and O–H groups in total. The zero-order valence-electron chi connectivity index (χ0n) is 9.02. The number of hydrogen-bond donors (Lipinski definition) is 1. The lowest BCUT2D eigenvalue weighted by Gasteiger charge is -2.35. The fourth-order valence-corrected chi connectivity index (χ4v) is 3.12. The maximum Gasteiger partial charge on any atom is 0.0341 e. The van der Waals surface area contributed by atoms with Crippen molar-refractivity contribution in [3.8, 4) is 0 Å². The van der Waals surface area contributed by atoms with Crippen LogP contribution in [0.2, 0.25) is 0 Å². The summed E-state index contributed by atoms with van der Waals surface area (Å²) in [6, 6.07) is 0. The van der Waals surface area contributed by atoms with Gasteiger partial charge in [0.25, 0.3) is 0 Å². The molecule has 2 aliphatic rings. The van der Waals surface area contributed by atoms with Crippen LogP contribution in [0, 0.1) is 11.8 Å². The van der Waals surface area contributed by atoms with Gasteiger partial charge in [-0.25, -0.2) is 0 Å². The van der Waals surface area contributed by atoms with Gasteiger partial charge in [-0.1, -0.05) is 18.2 Å². The van der Waals surface area contributed by atoms with Gasteiger partial charge in [0.05, 0.1) is 0 Å². The van der Waals surface area contributed by atoms with E-state index in [4.69, 9.17) is 11.6 Å². The van der Waals surface area contributed by atoms with E-state index in [1.165, 1.54) is 6.54 Å². The largest absolute Gasteiger partial charge is 0.316 e. The number of nitrogens with one attached hydrogen (secondary N) is 1. The molecule has 0 amide bonds. The Hall–Kier alpha value is -0.0500. The first-order valence-electron chi connectivity index (χ1n) is 5.31. The maximum absolute atomic E-state index is 5.89. The standard InChI is InChI=1S/C11H19ClN2/c1-8(12)6-14-7-9-4-13-5-10(9)11(14,2)3/h9-10,13H,1,4-7H2,2-3H3. The molecule has 2 rings (SSSR count). The fraction of sp³-hybridized carbons (Fsp3) is 0.818. The molecular formula is C11H19ClN2. The van der Waals surface area contributed by atoms with Crippen molar-refractivity contribution in [1.29, 1.82) is 0 Å². The van der Waals surface area contributed by atoms with Crippen molar-refractivity contribution >= 4 is 11.6 Å². The molecule has 80 valence electrons. The molecule has 0 aliphatic carbocycles. The molecule has 2 fully saturated rings. The first kappa shape index (κ1) is 10.5. The molecule has 0 radical (unpaired) electrons. The van der Waals surface area contributed by atoms with Crippen LogP contribution in [0.15, 0.2) is 11.6 Å². The molecule has 0 aromatic carbocycles. The zero-order chi connectivity index (χ0) is 10.3. The van der Waals surface area contributed by atoms with Gasteiger partial charge in [-0.05, 0) is 32.2 Å². The van der Waals surface area contributed by atoms with Crippen LogP contribution < -0.4 is 5.32 Å². The average molecular weight is 215 g/mol. The number of halogens is 1. The Bertz CT molecular complexity index is 250. The molecule has 0 aromatic heterocycles. The minimum atomic E-state index is 0.270. The normalized spacial score (nSPS) is 35.9. The summed E-state index contributed by atoms with van der Waals surface area (Å²) in [5, 5.41) is 4.23. The van der Waals surface area contributed by atoms with Gasteiger partial charge in [0.2, 0.25) is 0 Å². The van der Waals surface area contributed by atoms with Crippen molar-refractivity contribution in [2.24, 2.45) is 11.8 Å². The monoisotopic (exact) mass is 214 g/mol. The summed E-state index contributed by atoms with van der Waals surface area (Å²) in [6.45, 7) is 12.8. The summed E-state index contributed by atoms with van der Waals surface area (Å²) in [5.41, 5.74) is 0.270. The van der Waals surface area contributed by atoms with E-state index in [2.05, 4.69) is 30.6 Å². The predicted octanol–water partition coefficient (Wildman–Crippen LogP) is 1.67. The average Bonchev–Trinajstić information content (AvgIpc) is 2.57. The summed E-state index contributed by atoms with van der Waals surface area (Å²) in [4.78, 5) is 2.47. The summed E-state index contributed by atoms with van der Waals surface area (Å²) in [6.07, 6.45) is 0. The van der Waals surface area contributed by atoms with E-state index in [1.807, 2.05) is 0 Å². The zero-order valence-corrected chi connectivity index (χ0v) is 9.77. The van der Waals surface area contributed by atoms with E-state index in [0.29, 0.717) is 0 Å². The molecule has 2 heterocycles. The van der Waals surface area contributed by atoms with Gasteiger partial charge in [0.1, 0.15) is 0 Å². The van der Waals surface area contributed by atoms with Crippen LogP contribution in [-0.2, 0) is 0 Å². The van der Waals surface area contributed by atoms with Gasteiger partial charge in [-0.3, -0.25) is 4.90 Å². The summed E-state index contributed by atoms with van der Waals surface area (Å²) in [5.74, 6) is 1.58. The molecular weight excluding hydrogens is 196 g/mol. The van der Waals surface area contributed by atoms with Gasteiger partial charge >= 0.3 is 0 Å². The van der Waals surface area contributed by atoms with Gasteiger partial charge in [0, 0.05) is 30.2 Å². The van der Waals surface area contributed by atoms with E-state index in [0.717, 1.165) is 36.5 Å². The Labute approximate surface area is 91.3 Å². The van der Waals surface area contributed by atoms with Crippen LogP contribution in [0.3, 0.4) is 0 Å². The third kappa shape index (κ3) is 1.60. The molecule has 3 heteroatoms. The van der Waals surface area contributed by atoms with E-state index in [9.17, 15) is 0 Å². The van der Waals surface area contributed by atoms with Crippen molar-refractivity contribution in [2.45, 2.75) is 19.4 Å². The first-order valence-corrected chi connectivity index (χ1v) is 5.68. The highest BCUT2D eigenvalue weighted by atomic mass is 35.5. The van der Waals surface area contributed by atoms with Crippen LogP contribution in [0.1, 0.15) is 13.8 Å². The number of hydrogen-bond acceptors (Lipinski definition) is 2. The van der Waals surface area contributed by atoms with Crippen molar-refractivity contribution < 1.29 is 0 Å². The number of nitrogens with zero attached hydrogens (tertiary/aromatic N) is 1. The second kappa shape index (κ2) is 3.51. The van der Waals surface area contributed by atoms with Gasteiger partial charge in [-0.2, -0.15) is 0 Å². The lowest BCUT2D eigenvalue weighted by atomic mass is 9.85. The molecule has 0 saturated carbocycles. The molecule has 2 saturated heterocycles. The molecule has 0 aromatic rings. The van der Waals surface area contributed by atoms with Crippen molar-refractivity contribution in [3.05, 3.63) is 11.6 Å². The van der Waals surface area contributed by atoms with Crippen LogP contribution in [0.25, 0.3) is 0 Å². The van der Waals surface area contributed by atoms with Crippen molar-refractivity contribution in [3.63, 3.8) is 0 Å². The van der Waals surface area contributed by atoms with Crippen LogP contribution in [-0.4, -0.2) is 36.6 Å². The lowest BCUT2D eigenvalue weighted by molar-refractivity contribution is 0.154. The van der Waals surface area contributed by atoms with E-state index < -0.39 is 0 Å². The van der Waals surface area contributed by atoms with Crippen LogP contribution in [0.4, 0.5) is 0 Å². The van der Waals surface area contributed by atoms with Gasteiger partial charge < -0.3 is 5.32 Å². The Morgan fingerprint density at radius 2 is 2.29 bits per heavy atom. The highest BCUT2D eigenvalue weighted by Crippen LogP contribution is 2.40. The Balaban J connectivity index is 2.11. The number of likely N-dealkylation sites (tertiary alicyclic amines) is 1. The number of rotatable bonds is 2. The quantitative estimate of drug-likeness (QED) is 0.753. The Morgan fingerprint density at radius 3 is 2.86 bits per heavy atom. The van der Waals surface area contributed by atoms with Crippen LogP contribution in [0.5, 0.6) is 0 Å². The predicted molar refractivity (Wildman–Crippen MR) is 60.5 cm³/mol. The van der Waals surface area contributed by atoms with Crippen molar-refractivity contribution in [2.75, 3.05) is 26.2 Å². The van der Waals surface area contributed by atoms with Crippen LogP contribution >= 0.6 is 11.6 Å². The molecule has 2 unspecified atom stereocenters. The lowest BCUT2D eigenvalue weighted by Crippen LogP contribution is -2.44. The summed E-state index contributed by atoms with van der Waals surface area (Å²) < 4.78 is 0. The van der Waals surface area contributed by atoms with Crippen molar-refractivity contribution in [1.82, 2.24) is 10.2 Å². The maximum atomic E-state index is 5.89. The van der Waals surface area contributed by atoms with Gasteiger partial charge in [-0.15, -0.1) is 0 Å².